The first-order valence-electron chi connectivity index (χ1n) is 4.19. The number of carbonyl (C=O) groups is 1. The minimum atomic E-state index is -0.259. The molecule has 1 aliphatic rings. The van der Waals surface area contributed by atoms with Gasteiger partial charge < -0.3 is 5.73 Å². The van der Waals surface area contributed by atoms with Crippen molar-refractivity contribution in [2.24, 2.45) is 10.7 Å². The fraction of sp³-hybridized carbons (Fsp3) is 0. The Morgan fingerprint density at radius 2 is 2.13 bits per heavy atom. The van der Waals surface area contributed by atoms with Gasteiger partial charge in [0.25, 0.3) is 0 Å². The zero-order chi connectivity index (χ0) is 10.8. The van der Waals surface area contributed by atoms with Crippen molar-refractivity contribution in [3.8, 4) is 0 Å². The minimum absolute atomic E-state index is 0.259. The van der Waals surface area contributed by atoms with E-state index in [9.17, 15) is 4.79 Å². The van der Waals surface area contributed by atoms with Gasteiger partial charge in [-0.05, 0) is 29.5 Å². The lowest BCUT2D eigenvalue weighted by Crippen LogP contribution is -2.08. The predicted octanol–water partition coefficient (Wildman–Crippen LogP) is 3.01. The van der Waals surface area contributed by atoms with Gasteiger partial charge >= 0.3 is 5.24 Å². The Balaban J connectivity index is 2.37. The molecule has 0 unspecified atom stereocenters. The summed E-state index contributed by atoms with van der Waals surface area (Å²) in [7, 11) is 0. The molecule has 0 atom stereocenters. The molecule has 1 heterocycles. The number of nitrogens with zero attached hydrogens (tertiary/aromatic N) is 1. The van der Waals surface area contributed by atoms with Gasteiger partial charge in [0, 0.05) is 4.47 Å². The number of hydrogen-bond acceptors (Lipinski definition) is 3. The number of halogens is 1. The van der Waals surface area contributed by atoms with E-state index < -0.39 is 0 Å². The predicted molar refractivity (Wildman–Crippen MR) is 66.7 cm³/mol. The number of aliphatic imine (C=N–C) groups is 1. The molecule has 2 N–H and O–H groups in total. The molecule has 0 aromatic heterocycles. The molecule has 1 aliphatic heterocycles. The molecule has 3 nitrogen and oxygen atoms in total. The lowest BCUT2D eigenvalue weighted by molar-refractivity contribution is 0.268. The second-order valence-corrected chi connectivity index (χ2v) is 4.74. The molecule has 0 saturated heterocycles. The smallest absolute Gasteiger partial charge is 0.311 e. The Labute approximate surface area is 99.6 Å². The van der Waals surface area contributed by atoms with Crippen LogP contribution in [0.2, 0.25) is 0 Å². The number of nitrogens with two attached hydrogens (primary N) is 1. The first kappa shape index (κ1) is 10.4. The fourth-order valence-electron chi connectivity index (χ4n) is 1.16. The van der Waals surface area contributed by atoms with Crippen LogP contribution in [0.25, 0.3) is 6.08 Å². The van der Waals surface area contributed by atoms with Crippen molar-refractivity contribution in [3.63, 3.8) is 0 Å². The van der Waals surface area contributed by atoms with Gasteiger partial charge in [-0.25, -0.2) is 0 Å². The summed E-state index contributed by atoms with van der Waals surface area (Å²) < 4.78 is 0.963. The lowest BCUT2D eigenvalue weighted by Gasteiger charge is -1.99. The third kappa shape index (κ3) is 2.30. The van der Waals surface area contributed by atoms with Crippen LogP contribution in [0.4, 0.5) is 4.79 Å². The summed E-state index contributed by atoms with van der Waals surface area (Å²) in [6.07, 6.45) is 1.85. The second kappa shape index (κ2) is 4.20. The Kier molecular flexibility index (Phi) is 2.93. The maximum atomic E-state index is 11.0. The van der Waals surface area contributed by atoms with Crippen molar-refractivity contribution in [1.29, 1.82) is 0 Å². The van der Waals surface area contributed by atoms with Gasteiger partial charge in [0.15, 0.2) is 0 Å². The van der Waals surface area contributed by atoms with Gasteiger partial charge in [0.2, 0.25) is 0 Å². The molecule has 0 fully saturated rings. The molecule has 5 heteroatoms. The van der Waals surface area contributed by atoms with Crippen LogP contribution in [0, 0.1) is 0 Å². The summed E-state index contributed by atoms with van der Waals surface area (Å²) in [5.74, 6) is 0.292. The van der Waals surface area contributed by atoms with Crippen LogP contribution < -0.4 is 5.73 Å². The first-order valence-corrected chi connectivity index (χ1v) is 5.80. The second-order valence-electron chi connectivity index (χ2n) is 2.90. The van der Waals surface area contributed by atoms with Crippen molar-refractivity contribution < 1.29 is 4.79 Å². The van der Waals surface area contributed by atoms with Gasteiger partial charge in [-0.3, -0.25) is 4.79 Å². The zero-order valence-corrected chi connectivity index (χ0v) is 10.0. The van der Waals surface area contributed by atoms with Crippen LogP contribution in [0.15, 0.2) is 38.6 Å². The Morgan fingerprint density at radius 3 is 2.73 bits per heavy atom. The molecule has 2 rings (SSSR count). The number of carbonyl (C=O) groups excluding carboxylic acids is 1. The highest BCUT2D eigenvalue weighted by molar-refractivity contribution is 9.10. The highest BCUT2D eigenvalue weighted by Crippen LogP contribution is 2.29. The number of rotatable bonds is 1. The summed E-state index contributed by atoms with van der Waals surface area (Å²) in [5, 5.41) is -0.259. The third-order valence-corrected chi connectivity index (χ3v) is 3.39. The lowest BCUT2D eigenvalue weighted by atomic mass is 10.2. The molecular formula is C10H7BrN2OS. The van der Waals surface area contributed by atoms with Crippen LogP contribution >= 0.6 is 27.7 Å². The molecule has 0 spiro atoms. The van der Waals surface area contributed by atoms with Crippen molar-refractivity contribution in [2.75, 3.05) is 0 Å². The average Bonchev–Trinajstić information content (AvgIpc) is 2.49. The number of benzene rings is 1. The molecule has 15 heavy (non-hydrogen) atoms. The molecular weight excluding hydrogens is 276 g/mol. The molecule has 0 radical (unpaired) electrons. The summed E-state index contributed by atoms with van der Waals surface area (Å²) in [5.41, 5.74) is 6.57. The average molecular weight is 283 g/mol. The molecule has 1 aromatic carbocycles. The topological polar surface area (TPSA) is 55.4 Å². The van der Waals surface area contributed by atoms with E-state index in [2.05, 4.69) is 20.9 Å². The van der Waals surface area contributed by atoms with E-state index in [1.807, 2.05) is 30.3 Å². The number of thioether (sulfide) groups is 1. The summed E-state index contributed by atoms with van der Waals surface area (Å²) >= 11 is 4.47. The molecule has 76 valence electrons. The Morgan fingerprint density at radius 1 is 1.40 bits per heavy atom. The monoisotopic (exact) mass is 282 g/mol. The van der Waals surface area contributed by atoms with Gasteiger partial charge in [-0.2, -0.15) is 4.99 Å². The van der Waals surface area contributed by atoms with Crippen molar-refractivity contribution in [1.82, 2.24) is 0 Å². The largest absolute Gasteiger partial charge is 0.383 e. The highest BCUT2D eigenvalue weighted by Gasteiger charge is 2.18. The van der Waals surface area contributed by atoms with Crippen molar-refractivity contribution >= 4 is 44.8 Å². The van der Waals surface area contributed by atoms with Crippen LogP contribution in [0.1, 0.15) is 5.56 Å². The van der Waals surface area contributed by atoms with E-state index in [0.29, 0.717) is 10.7 Å². The van der Waals surface area contributed by atoms with Crippen LogP contribution in [-0.2, 0) is 0 Å². The molecule has 1 aromatic rings. The number of hydrogen-bond donors (Lipinski definition) is 1. The van der Waals surface area contributed by atoms with E-state index in [1.165, 1.54) is 0 Å². The normalized spacial score (nSPS) is 18.3. The third-order valence-electron chi connectivity index (χ3n) is 1.85. The van der Waals surface area contributed by atoms with Crippen molar-refractivity contribution in [3.05, 3.63) is 39.2 Å². The maximum Gasteiger partial charge on any atom is 0.311 e. The van der Waals surface area contributed by atoms with E-state index in [1.54, 1.807) is 0 Å². The number of amidine groups is 1. The SMILES string of the molecule is NC1=NC(=O)S/C1=C\c1ccccc1Br. The molecule has 0 bridgehead atoms. The zero-order valence-electron chi connectivity index (χ0n) is 7.61. The minimum Gasteiger partial charge on any atom is -0.383 e. The maximum absolute atomic E-state index is 11.0. The standard InChI is InChI=1S/C10H7BrN2OS/c11-7-4-2-1-3-6(7)5-8-9(12)13-10(14)15-8/h1-5H,(H2,12,13,14)/b8-5-. The quantitative estimate of drug-likeness (QED) is 0.862. The van der Waals surface area contributed by atoms with Crippen LogP contribution in [-0.4, -0.2) is 11.1 Å². The van der Waals surface area contributed by atoms with Gasteiger partial charge in [0.05, 0.1) is 4.91 Å². The molecule has 0 aliphatic carbocycles. The number of amides is 1. The van der Waals surface area contributed by atoms with E-state index in [-0.39, 0.29) is 5.24 Å². The van der Waals surface area contributed by atoms with Crippen LogP contribution in [0.3, 0.4) is 0 Å². The summed E-state index contributed by atoms with van der Waals surface area (Å²) in [6, 6.07) is 7.72. The van der Waals surface area contributed by atoms with Gasteiger partial charge in [-0.15, -0.1) is 0 Å². The summed E-state index contributed by atoms with van der Waals surface area (Å²) in [4.78, 5) is 15.3. The van der Waals surface area contributed by atoms with E-state index in [4.69, 9.17) is 5.73 Å². The Bertz CT molecular complexity index is 482. The molecule has 0 saturated carbocycles. The fourth-order valence-corrected chi connectivity index (χ4v) is 2.23. The highest BCUT2D eigenvalue weighted by atomic mass is 79.9. The van der Waals surface area contributed by atoms with Gasteiger partial charge in [0.1, 0.15) is 5.84 Å². The molecule has 1 amide bonds. The van der Waals surface area contributed by atoms with Gasteiger partial charge in [-0.1, -0.05) is 34.1 Å². The van der Waals surface area contributed by atoms with E-state index in [0.717, 1.165) is 21.8 Å². The van der Waals surface area contributed by atoms with Crippen molar-refractivity contribution in [2.45, 2.75) is 0 Å². The van der Waals surface area contributed by atoms with Crippen LogP contribution in [0.5, 0.6) is 0 Å². The first-order chi connectivity index (χ1) is 7.16. The Hall–Kier alpha value is -1.07. The van der Waals surface area contributed by atoms with E-state index >= 15 is 0 Å². The summed E-state index contributed by atoms with van der Waals surface area (Å²) in [6.45, 7) is 0.